The van der Waals surface area contributed by atoms with Crippen molar-refractivity contribution >= 4 is 35.2 Å². The van der Waals surface area contributed by atoms with Crippen LogP contribution in [0.15, 0.2) is 24.5 Å². The molecule has 6 rings (SSSR count). The van der Waals surface area contributed by atoms with Crippen molar-refractivity contribution in [2.75, 3.05) is 38.8 Å². The van der Waals surface area contributed by atoms with E-state index in [4.69, 9.17) is 0 Å². The molecule has 3 aliphatic rings. The van der Waals surface area contributed by atoms with Gasteiger partial charge in [-0.25, -0.2) is 9.97 Å². The summed E-state index contributed by atoms with van der Waals surface area (Å²) < 4.78 is 55.7. The molecule has 2 aliphatic heterocycles. The van der Waals surface area contributed by atoms with Gasteiger partial charge < -0.3 is 25.1 Å². The molecule has 0 spiro atoms. The maximum absolute atomic E-state index is 14.1. The van der Waals surface area contributed by atoms with Crippen molar-refractivity contribution in [3.63, 3.8) is 0 Å². The van der Waals surface area contributed by atoms with Gasteiger partial charge in [-0.3, -0.25) is 4.79 Å². The number of hydrogen-bond acceptors (Lipinski definition) is 6. The van der Waals surface area contributed by atoms with Gasteiger partial charge in [0.2, 0.25) is 5.95 Å². The van der Waals surface area contributed by atoms with Gasteiger partial charge in [-0.15, -0.1) is 0 Å². The lowest BCUT2D eigenvalue weighted by molar-refractivity contribution is -0.137. The fourth-order valence-corrected chi connectivity index (χ4v) is 7.02. The number of nitrogens with one attached hydrogen (secondary N) is 3. The number of H-pyrrole nitrogens is 1. The van der Waals surface area contributed by atoms with Crippen LogP contribution in [-0.2, 0) is 10.7 Å². The van der Waals surface area contributed by atoms with Gasteiger partial charge in [0, 0.05) is 54.3 Å². The molecule has 1 fully saturated rings. The highest BCUT2D eigenvalue weighted by Gasteiger charge is 2.37. The molecular formula is C26H32F3N6O2P. The summed E-state index contributed by atoms with van der Waals surface area (Å²) in [6, 6.07) is 3.52. The van der Waals surface area contributed by atoms with E-state index in [0.29, 0.717) is 28.8 Å². The Bertz CT molecular complexity index is 1420. The van der Waals surface area contributed by atoms with Crippen molar-refractivity contribution in [2.24, 2.45) is 0 Å². The number of carbonyl (C=O) groups is 1. The van der Waals surface area contributed by atoms with E-state index in [-0.39, 0.29) is 34.7 Å². The average Bonchev–Trinajstić information content (AvgIpc) is 3.47. The van der Waals surface area contributed by atoms with Crippen LogP contribution in [0.5, 0.6) is 0 Å². The lowest BCUT2D eigenvalue weighted by atomic mass is 10.0. The fourth-order valence-electron chi connectivity index (χ4n) is 5.54. The molecule has 8 nitrogen and oxygen atoms in total. The Morgan fingerprint density at radius 3 is 2.61 bits per heavy atom. The van der Waals surface area contributed by atoms with Crippen LogP contribution in [0.3, 0.4) is 0 Å². The highest BCUT2D eigenvalue weighted by atomic mass is 31.2. The van der Waals surface area contributed by atoms with Crippen LogP contribution in [0.2, 0.25) is 0 Å². The molecule has 1 aromatic carbocycles. The Balaban J connectivity index is 1.70. The summed E-state index contributed by atoms with van der Waals surface area (Å²) in [5, 5.41) is 7.53. The second-order valence-corrected chi connectivity index (χ2v) is 13.8. The molecular weight excluding hydrogens is 516 g/mol. The molecule has 2 atom stereocenters. The van der Waals surface area contributed by atoms with E-state index < -0.39 is 18.9 Å². The molecule has 3 aromatic rings. The fraction of sp³-hybridized carbons (Fsp3) is 0.500. The van der Waals surface area contributed by atoms with Gasteiger partial charge in [0.25, 0.3) is 5.91 Å². The minimum atomic E-state index is -4.68. The second kappa shape index (κ2) is 10.0. The van der Waals surface area contributed by atoms with Crippen LogP contribution in [-0.4, -0.2) is 71.3 Å². The Hall–Kier alpha value is -2.91. The van der Waals surface area contributed by atoms with Crippen molar-refractivity contribution < 1.29 is 22.5 Å². The number of carbonyl (C=O) groups excluding carboxylic acids is 1. The SMILES string of the molecule is CN1CCCCN[C@H]2CC[C@@H](C2)Nc2ncc(C(F)(F)F)c(n2)-c2c[nH]c3c(P(C)(C)=O)c(ccc23)C1=O. The topological polar surface area (TPSA) is 103 Å². The monoisotopic (exact) mass is 548 g/mol. The smallest absolute Gasteiger partial charge is 0.360 e. The third kappa shape index (κ3) is 5.18. The quantitative estimate of drug-likeness (QED) is 0.382. The number of benzene rings is 1. The largest absolute Gasteiger partial charge is 0.419 e. The van der Waals surface area contributed by atoms with Crippen molar-refractivity contribution in [2.45, 2.75) is 50.4 Å². The molecule has 3 N–H and O–H groups in total. The Kier molecular flexibility index (Phi) is 7.02. The molecule has 8 bridgehead atoms. The molecule has 0 saturated heterocycles. The van der Waals surface area contributed by atoms with Crippen molar-refractivity contribution in [1.82, 2.24) is 25.2 Å². The third-order valence-electron chi connectivity index (χ3n) is 7.41. The van der Waals surface area contributed by atoms with Crippen molar-refractivity contribution in [3.8, 4) is 11.3 Å². The average molecular weight is 549 g/mol. The third-order valence-corrected chi connectivity index (χ3v) is 8.95. The van der Waals surface area contributed by atoms with Gasteiger partial charge >= 0.3 is 6.18 Å². The minimum absolute atomic E-state index is 0.0473. The molecule has 38 heavy (non-hydrogen) atoms. The highest BCUT2D eigenvalue weighted by Crippen LogP contribution is 2.43. The summed E-state index contributed by atoms with van der Waals surface area (Å²) in [5.74, 6) is -0.132. The summed E-state index contributed by atoms with van der Waals surface area (Å²) in [6.07, 6.45) is 1.90. The normalized spacial score (nSPS) is 21.4. The number of hydrogen-bond donors (Lipinski definition) is 3. The number of fused-ring (bicyclic) bond motifs is 7. The molecule has 2 aromatic heterocycles. The van der Waals surface area contributed by atoms with Crippen LogP contribution >= 0.6 is 7.14 Å². The van der Waals surface area contributed by atoms with E-state index in [0.717, 1.165) is 44.8 Å². The number of rotatable bonds is 1. The zero-order valence-corrected chi connectivity index (χ0v) is 22.5. The lowest BCUT2D eigenvalue weighted by Gasteiger charge is -2.21. The van der Waals surface area contributed by atoms with E-state index in [2.05, 4.69) is 25.6 Å². The maximum Gasteiger partial charge on any atom is 0.419 e. The first-order chi connectivity index (χ1) is 17.9. The van der Waals surface area contributed by atoms with Crippen molar-refractivity contribution in [3.05, 3.63) is 35.7 Å². The van der Waals surface area contributed by atoms with Gasteiger partial charge in [-0.1, -0.05) is 6.07 Å². The number of aromatic amines is 1. The molecule has 4 heterocycles. The Labute approximate surface area is 219 Å². The Morgan fingerprint density at radius 1 is 1.11 bits per heavy atom. The molecule has 1 amide bonds. The zero-order chi connectivity index (χ0) is 27.2. The first-order valence-corrected chi connectivity index (χ1v) is 15.4. The van der Waals surface area contributed by atoms with Crippen molar-refractivity contribution in [1.29, 1.82) is 0 Å². The molecule has 12 heteroatoms. The van der Waals surface area contributed by atoms with Crippen LogP contribution in [0.1, 0.15) is 48.0 Å². The van der Waals surface area contributed by atoms with E-state index in [1.807, 2.05) is 0 Å². The molecule has 0 unspecified atom stereocenters. The summed E-state index contributed by atoms with van der Waals surface area (Å²) >= 11 is 0. The van der Waals surface area contributed by atoms with Gasteiger partial charge in [-0.05, 0) is 58.0 Å². The lowest BCUT2D eigenvalue weighted by Crippen LogP contribution is -2.33. The number of halogens is 3. The summed E-state index contributed by atoms with van der Waals surface area (Å²) in [6.45, 7) is 4.46. The highest BCUT2D eigenvalue weighted by molar-refractivity contribution is 7.70. The standard InChI is InChI=1S/C26H32F3N6O2P/c1-35-11-5-4-10-30-15-6-7-16(12-15)33-25-32-14-20(26(27,28)29)21(34-25)19-13-31-22-17(19)8-9-18(24(35)36)23(22)38(2,3)37/h8-9,13-16,30-31H,4-7,10-12H2,1-3H3,(H,32,33,34)/t15-,16-/m0/s1. The van der Waals surface area contributed by atoms with E-state index in [9.17, 15) is 22.5 Å². The number of aromatic nitrogens is 3. The van der Waals surface area contributed by atoms with Crippen LogP contribution < -0.4 is 15.9 Å². The summed E-state index contributed by atoms with van der Waals surface area (Å²) in [5.41, 5.74) is -0.344. The predicted octanol–water partition coefficient (Wildman–Crippen LogP) is 4.68. The minimum Gasteiger partial charge on any atom is -0.360 e. The van der Waals surface area contributed by atoms with E-state index in [1.54, 1.807) is 37.4 Å². The van der Waals surface area contributed by atoms with E-state index in [1.165, 1.54) is 6.20 Å². The maximum atomic E-state index is 14.1. The number of anilines is 1. The van der Waals surface area contributed by atoms with Crippen LogP contribution in [0.25, 0.3) is 22.2 Å². The van der Waals surface area contributed by atoms with Gasteiger partial charge in [0.15, 0.2) is 0 Å². The number of alkyl halides is 3. The zero-order valence-electron chi connectivity index (χ0n) is 21.7. The van der Waals surface area contributed by atoms with Gasteiger partial charge in [-0.2, -0.15) is 13.2 Å². The van der Waals surface area contributed by atoms with E-state index >= 15 is 0 Å². The van der Waals surface area contributed by atoms with Crippen LogP contribution in [0, 0.1) is 0 Å². The Morgan fingerprint density at radius 2 is 1.87 bits per heavy atom. The molecule has 0 radical (unpaired) electrons. The van der Waals surface area contributed by atoms with Gasteiger partial charge in [0.1, 0.15) is 12.7 Å². The molecule has 1 saturated carbocycles. The first-order valence-electron chi connectivity index (χ1n) is 12.8. The van der Waals surface area contributed by atoms with Crippen LogP contribution in [0.4, 0.5) is 19.1 Å². The van der Waals surface area contributed by atoms with Gasteiger partial charge in [0.05, 0.1) is 16.8 Å². The second-order valence-electron chi connectivity index (χ2n) is 10.6. The number of nitrogens with zero attached hydrogens (tertiary/aromatic N) is 3. The summed E-state index contributed by atoms with van der Waals surface area (Å²) in [7, 11) is -1.31. The molecule has 1 aliphatic carbocycles. The first kappa shape index (κ1) is 26.7. The molecule has 204 valence electrons. The predicted molar refractivity (Wildman–Crippen MR) is 143 cm³/mol. The summed E-state index contributed by atoms with van der Waals surface area (Å²) in [4.78, 5) is 26.4. The number of amides is 1.